The van der Waals surface area contributed by atoms with E-state index in [0.29, 0.717) is 17.0 Å². The van der Waals surface area contributed by atoms with Crippen molar-refractivity contribution in [2.75, 3.05) is 16.8 Å². The highest BCUT2D eigenvalue weighted by Crippen LogP contribution is 2.35. The van der Waals surface area contributed by atoms with Gasteiger partial charge < -0.3 is 14.8 Å². The molecule has 0 saturated carbocycles. The van der Waals surface area contributed by atoms with Gasteiger partial charge in [-0.3, -0.25) is 19.1 Å². The first-order chi connectivity index (χ1) is 17.5. The predicted octanol–water partition coefficient (Wildman–Crippen LogP) is 2.07. The summed E-state index contributed by atoms with van der Waals surface area (Å²) in [6, 6.07) is -2.46. The third kappa shape index (κ3) is 4.47. The zero-order valence-electron chi connectivity index (χ0n) is 19.5. The summed E-state index contributed by atoms with van der Waals surface area (Å²) in [4.78, 5) is 56.9. The lowest BCUT2D eigenvalue weighted by atomic mass is 10.2. The SMILES string of the molecule is C[C@@H](C(=O)Nc1csc(-c2cnc(N3CCC[C@H]3C(F)(F)F)nc2)n1)n1cnc2c1c(=O)[nH]c(=O)n2C. The van der Waals surface area contributed by atoms with Crippen molar-refractivity contribution in [1.82, 2.24) is 34.1 Å². The maximum absolute atomic E-state index is 13.2. The summed E-state index contributed by atoms with van der Waals surface area (Å²) in [5, 5.41) is 4.72. The number of fused-ring (bicyclic) bond motifs is 1. The summed E-state index contributed by atoms with van der Waals surface area (Å²) in [7, 11) is 1.45. The van der Waals surface area contributed by atoms with Crippen molar-refractivity contribution >= 4 is 40.2 Å². The summed E-state index contributed by atoms with van der Waals surface area (Å²) in [5.41, 5.74) is -0.578. The van der Waals surface area contributed by atoms with Crippen LogP contribution < -0.4 is 21.5 Å². The van der Waals surface area contributed by atoms with Crippen molar-refractivity contribution < 1.29 is 18.0 Å². The van der Waals surface area contributed by atoms with Crippen LogP contribution in [0.3, 0.4) is 0 Å². The number of hydrogen-bond acceptors (Lipinski definition) is 9. The minimum atomic E-state index is -4.36. The molecule has 1 saturated heterocycles. The van der Waals surface area contributed by atoms with E-state index >= 15 is 0 Å². The Morgan fingerprint density at radius 3 is 2.68 bits per heavy atom. The Morgan fingerprint density at radius 1 is 1.24 bits per heavy atom. The van der Waals surface area contributed by atoms with Crippen LogP contribution in [0.4, 0.5) is 24.9 Å². The average molecular weight is 536 g/mol. The van der Waals surface area contributed by atoms with Crippen LogP contribution >= 0.6 is 11.3 Å². The predicted molar refractivity (Wildman–Crippen MR) is 128 cm³/mol. The minimum absolute atomic E-state index is 0.00234. The first-order valence-electron chi connectivity index (χ1n) is 11.1. The fourth-order valence-corrected chi connectivity index (χ4v) is 4.92. The van der Waals surface area contributed by atoms with E-state index in [1.165, 1.54) is 46.2 Å². The van der Waals surface area contributed by atoms with Gasteiger partial charge in [-0.05, 0) is 19.8 Å². The Morgan fingerprint density at radius 2 is 1.97 bits per heavy atom. The molecule has 1 aliphatic heterocycles. The largest absolute Gasteiger partial charge is 0.408 e. The summed E-state index contributed by atoms with van der Waals surface area (Å²) in [5.74, 6) is -0.242. The fraction of sp³-hybridized carbons (Fsp3) is 0.381. The van der Waals surface area contributed by atoms with Gasteiger partial charge in [-0.25, -0.2) is 24.7 Å². The first kappa shape index (κ1) is 24.6. The van der Waals surface area contributed by atoms with Crippen LogP contribution in [0.25, 0.3) is 21.7 Å². The number of rotatable bonds is 5. The van der Waals surface area contributed by atoms with Gasteiger partial charge in [0.2, 0.25) is 11.9 Å². The van der Waals surface area contributed by atoms with E-state index < -0.39 is 35.4 Å². The summed E-state index contributed by atoms with van der Waals surface area (Å²) in [6.45, 7) is 1.79. The second kappa shape index (κ2) is 9.10. The molecule has 0 radical (unpaired) electrons. The summed E-state index contributed by atoms with van der Waals surface area (Å²) < 4.78 is 42.3. The number of thiazole rings is 1. The summed E-state index contributed by atoms with van der Waals surface area (Å²) in [6.07, 6.45) is 0.156. The quantitative estimate of drug-likeness (QED) is 0.395. The smallest absolute Gasteiger partial charge is 0.329 e. The van der Waals surface area contributed by atoms with Crippen molar-refractivity contribution in [2.45, 2.75) is 38.0 Å². The van der Waals surface area contributed by atoms with Gasteiger partial charge in [0, 0.05) is 36.9 Å². The maximum Gasteiger partial charge on any atom is 0.408 e. The number of imidazole rings is 1. The van der Waals surface area contributed by atoms with Crippen LogP contribution in [0.1, 0.15) is 25.8 Å². The van der Waals surface area contributed by atoms with Gasteiger partial charge in [0.25, 0.3) is 5.56 Å². The van der Waals surface area contributed by atoms with Crippen molar-refractivity contribution in [3.63, 3.8) is 0 Å². The zero-order chi connectivity index (χ0) is 26.5. The van der Waals surface area contributed by atoms with Crippen LogP contribution in [0.15, 0.2) is 33.7 Å². The third-order valence-electron chi connectivity index (χ3n) is 6.16. The number of aryl methyl sites for hydroxylation is 1. The van der Waals surface area contributed by atoms with Crippen LogP contribution in [-0.2, 0) is 11.8 Å². The molecule has 2 atom stereocenters. The Bertz CT molecular complexity index is 1590. The molecule has 4 aromatic heterocycles. The molecule has 0 aliphatic carbocycles. The number of hydrogen-bond donors (Lipinski definition) is 2. The molecule has 1 amide bonds. The number of halogens is 3. The zero-order valence-corrected chi connectivity index (χ0v) is 20.3. The Hall–Kier alpha value is -4.08. The molecule has 0 unspecified atom stereocenters. The minimum Gasteiger partial charge on any atom is -0.329 e. The van der Waals surface area contributed by atoms with Gasteiger partial charge in [-0.2, -0.15) is 13.2 Å². The molecule has 5 heterocycles. The van der Waals surface area contributed by atoms with Crippen LogP contribution in [0.5, 0.6) is 0 Å². The number of aromatic nitrogens is 7. The summed E-state index contributed by atoms with van der Waals surface area (Å²) >= 11 is 1.19. The van der Waals surface area contributed by atoms with Crippen molar-refractivity contribution in [2.24, 2.45) is 7.05 Å². The molecule has 0 spiro atoms. The molecular weight excluding hydrogens is 515 g/mol. The molecule has 0 bridgehead atoms. The van der Waals surface area contributed by atoms with Crippen molar-refractivity contribution in [3.8, 4) is 10.6 Å². The van der Waals surface area contributed by atoms with Gasteiger partial charge in [0.1, 0.15) is 22.9 Å². The molecule has 0 aromatic carbocycles. The highest BCUT2D eigenvalue weighted by Gasteiger charge is 2.46. The second-order valence-electron chi connectivity index (χ2n) is 8.51. The lowest BCUT2D eigenvalue weighted by Gasteiger charge is -2.26. The number of alkyl halides is 3. The molecule has 16 heteroatoms. The van der Waals surface area contributed by atoms with E-state index in [4.69, 9.17) is 0 Å². The standard InChI is InChI=1S/C21H20F3N9O3S/c1-10(33-9-27-15-14(33)17(35)30-20(36)31(15)2)16(34)28-13-8-37-18(29-13)11-6-25-19(26-7-11)32-5-3-4-12(32)21(22,23)24/h6-10,12H,3-5H2,1-2H3,(H,28,34)(H,30,35,36)/t10-,12-/m0/s1. The molecule has 1 aliphatic rings. The number of nitrogens with one attached hydrogen (secondary N) is 2. The fourth-order valence-electron chi connectivity index (χ4n) is 4.19. The van der Waals surface area contributed by atoms with E-state index in [0.717, 1.165) is 4.90 Å². The van der Waals surface area contributed by atoms with Crippen molar-refractivity contribution in [3.05, 3.63) is 44.9 Å². The molecule has 37 heavy (non-hydrogen) atoms. The topological polar surface area (TPSA) is 144 Å². The van der Waals surface area contributed by atoms with E-state index in [2.05, 4.69) is 30.2 Å². The van der Waals surface area contributed by atoms with Gasteiger partial charge in [-0.1, -0.05) is 0 Å². The molecule has 4 aromatic rings. The van der Waals surface area contributed by atoms with Gasteiger partial charge in [0.15, 0.2) is 11.2 Å². The van der Waals surface area contributed by atoms with Crippen LogP contribution in [-0.4, -0.2) is 58.7 Å². The number of nitrogens with zero attached hydrogens (tertiary/aromatic N) is 7. The lowest BCUT2D eigenvalue weighted by molar-refractivity contribution is -0.146. The monoisotopic (exact) mass is 535 g/mol. The molecule has 5 rings (SSSR count). The average Bonchev–Trinajstić information content (AvgIpc) is 3.61. The first-order valence-corrected chi connectivity index (χ1v) is 12.0. The molecule has 1 fully saturated rings. The van der Waals surface area contributed by atoms with Crippen molar-refractivity contribution in [1.29, 1.82) is 0 Å². The number of carbonyl (C=O) groups is 1. The van der Waals surface area contributed by atoms with Gasteiger partial charge >= 0.3 is 11.9 Å². The highest BCUT2D eigenvalue weighted by atomic mass is 32.1. The lowest BCUT2D eigenvalue weighted by Crippen LogP contribution is -2.42. The van der Waals surface area contributed by atoms with E-state index in [1.807, 2.05) is 0 Å². The molecule has 2 N–H and O–H groups in total. The van der Waals surface area contributed by atoms with Crippen LogP contribution in [0, 0.1) is 0 Å². The van der Waals surface area contributed by atoms with Gasteiger partial charge in [-0.15, -0.1) is 11.3 Å². The maximum atomic E-state index is 13.2. The number of H-pyrrole nitrogens is 1. The normalized spacial score (nSPS) is 16.9. The number of aromatic amines is 1. The Kier molecular flexibility index (Phi) is 6.05. The number of anilines is 2. The van der Waals surface area contributed by atoms with E-state index in [1.54, 1.807) is 12.3 Å². The van der Waals surface area contributed by atoms with Crippen LogP contribution in [0.2, 0.25) is 0 Å². The highest BCUT2D eigenvalue weighted by molar-refractivity contribution is 7.13. The Labute approximate surface area is 209 Å². The molecule has 194 valence electrons. The third-order valence-corrected chi connectivity index (χ3v) is 7.05. The van der Waals surface area contributed by atoms with Gasteiger partial charge in [0.05, 0.1) is 6.33 Å². The van der Waals surface area contributed by atoms with E-state index in [-0.39, 0.29) is 35.9 Å². The second-order valence-corrected chi connectivity index (χ2v) is 9.37. The number of carbonyl (C=O) groups excluding carboxylic acids is 1. The molecular formula is C21H20F3N9O3S. The molecule has 12 nitrogen and oxygen atoms in total. The number of amides is 1. The Balaban J connectivity index is 1.31. The van der Waals surface area contributed by atoms with E-state index in [9.17, 15) is 27.6 Å².